The molecule has 21 heavy (non-hydrogen) atoms. The van der Waals surface area contributed by atoms with Crippen LogP contribution in [0.1, 0.15) is 18.1 Å². The highest BCUT2D eigenvalue weighted by atomic mass is 79.9. The number of rotatable bonds is 2. The van der Waals surface area contributed by atoms with Gasteiger partial charge in [0, 0.05) is 6.07 Å². The first-order valence-corrected chi connectivity index (χ1v) is 7.48. The Morgan fingerprint density at radius 3 is 2.62 bits per heavy atom. The minimum Gasteiger partial charge on any atom is -0.292 e. The van der Waals surface area contributed by atoms with E-state index >= 15 is 0 Å². The number of fused-ring (bicyclic) bond motifs is 1. The zero-order chi connectivity index (χ0) is 15.1. The van der Waals surface area contributed by atoms with Crippen LogP contribution in [0.2, 0.25) is 0 Å². The third-order valence-corrected chi connectivity index (χ3v) is 3.98. The maximum atomic E-state index is 14.2. The van der Waals surface area contributed by atoms with Gasteiger partial charge in [0.15, 0.2) is 0 Å². The van der Waals surface area contributed by atoms with Crippen LogP contribution >= 0.6 is 27.5 Å². The van der Waals surface area contributed by atoms with Crippen LogP contribution in [0.5, 0.6) is 0 Å². The Bertz CT molecular complexity index is 830. The smallest absolute Gasteiger partial charge is 0.150 e. The first-order valence-electron chi connectivity index (χ1n) is 6.25. The van der Waals surface area contributed by atoms with E-state index in [2.05, 4.69) is 20.9 Å². The van der Waals surface area contributed by atoms with Crippen molar-refractivity contribution in [3.8, 4) is 5.69 Å². The molecule has 2 nitrogen and oxygen atoms in total. The monoisotopic (exact) mass is 370 g/mol. The summed E-state index contributed by atoms with van der Waals surface area (Å²) in [6.45, 7) is 1.76. The molecule has 6 heteroatoms. The molecule has 0 spiro atoms. The van der Waals surface area contributed by atoms with E-state index in [1.54, 1.807) is 11.5 Å². The van der Waals surface area contributed by atoms with Gasteiger partial charge in [0.05, 0.1) is 26.6 Å². The summed E-state index contributed by atoms with van der Waals surface area (Å²) in [5.74, 6) is -0.811. The Hall–Kier alpha value is -1.46. The van der Waals surface area contributed by atoms with Crippen molar-refractivity contribution in [2.75, 3.05) is 0 Å². The number of aromatic nitrogens is 2. The number of halogens is 4. The summed E-state index contributed by atoms with van der Waals surface area (Å²) in [5.41, 5.74) is 1.64. The Labute approximate surface area is 133 Å². The number of alkyl halides is 1. The Balaban J connectivity index is 2.38. The van der Waals surface area contributed by atoms with E-state index in [1.165, 1.54) is 6.07 Å². The lowest BCUT2D eigenvalue weighted by Gasteiger charge is -2.12. The molecule has 0 aliphatic carbocycles. The molecule has 3 rings (SSSR count). The second-order valence-corrected chi connectivity index (χ2v) is 6.14. The highest BCUT2D eigenvalue weighted by molar-refractivity contribution is 9.10. The third kappa shape index (κ3) is 2.45. The summed E-state index contributed by atoms with van der Waals surface area (Å²) in [6.07, 6.45) is 0. The summed E-state index contributed by atoms with van der Waals surface area (Å²) in [5, 5.41) is -0.416. The van der Waals surface area contributed by atoms with Gasteiger partial charge in [-0.25, -0.2) is 13.8 Å². The van der Waals surface area contributed by atoms with Gasteiger partial charge in [-0.15, -0.1) is 11.6 Å². The fraction of sp³-hybridized carbons (Fsp3) is 0.133. The van der Waals surface area contributed by atoms with Gasteiger partial charge in [-0.2, -0.15) is 0 Å². The molecule has 3 aromatic rings. The molecule has 1 aromatic heterocycles. The number of para-hydroxylation sites is 2. The Kier molecular flexibility index (Phi) is 3.71. The summed E-state index contributed by atoms with van der Waals surface area (Å²) in [6, 6.07) is 9.56. The zero-order valence-corrected chi connectivity index (χ0v) is 13.3. The molecule has 1 heterocycles. The van der Waals surface area contributed by atoms with Gasteiger partial charge in [-0.05, 0) is 41.1 Å². The quantitative estimate of drug-likeness (QED) is 0.438. The van der Waals surface area contributed by atoms with Crippen LogP contribution in [0.25, 0.3) is 16.7 Å². The van der Waals surface area contributed by atoms with Crippen LogP contribution in [-0.4, -0.2) is 9.55 Å². The maximum Gasteiger partial charge on any atom is 0.150 e. The molecule has 2 aromatic carbocycles. The second kappa shape index (κ2) is 5.39. The van der Waals surface area contributed by atoms with Crippen molar-refractivity contribution in [1.82, 2.24) is 9.55 Å². The van der Waals surface area contributed by atoms with Gasteiger partial charge in [-0.1, -0.05) is 12.1 Å². The maximum absolute atomic E-state index is 14.2. The van der Waals surface area contributed by atoms with E-state index in [9.17, 15) is 8.78 Å². The first-order chi connectivity index (χ1) is 9.99. The lowest BCUT2D eigenvalue weighted by molar-refractivity contribution is 0.573. The minimum absolute atomic E-state index is 0.185. The number of nitrogens with zero attached hydrogens (tertiary/aromatic N) is 2. The summed E-state index contributed by atoms with van der Waals surface area (Å²) < 4.78 is 29.5. The molecule has 0 aliphatic heterocycles. The van der Waals surface area contributed by atoms with E-state index < -0.39 is 17.0 Å². The molecular weight excluding hydrogens is 362 g/mol. The Morgan fingerprint density at radius 2 is 1.90 bits per heavy atom. The molecule has 0 saturated carbocycles. The number of hydrogen-bond acceptors (Lipinski definition) is 1. The van der Waals surface area contributed by atoms with Crippen LogP contribution in [0.15, 0.2) is 40.9 Å². The zero-order valence-electron chi connectivity index (χ0n) is 10.9. The molecule has 0 aliphatic rings. The van der Waals surface area contributed by atoms with Gasteiger partial charge < -0.3 is 0 Å². The molecule has 108 valence electrons. The van der Waals surface area contributed by atoms with E-state index in [-0.39, 0.29) is 10.2 Å². The molecule has 0 amide bonds. The minimum atomic E-state index is -0.669. The summed E-state index contributed by atoms with van der Waals surface area (Å²) in [7, 11) is 0. The average Bonchev–Trinajstić information content (AvgIpc) is 2.82. The van der Waals surface area contributed by atoms with Crippen LogP contribution in [0.4, 0.5) is 8.78 Å². The predicted octanol–water partition coefficient (Wildman–Crippen LogP) is 5.37. The molecular formula is C15H10BrClF2N2. The van der Waals surface area contributed by atoms with Crippen LogP contribution < -0.4 is 0 Å². The predicted molar refractivity (Wildman–Crippen MR) is 83.0 cm³/mol. The van der Waals surface area contributed by atoms with Gasteiger partial charge in [0.1, 0.15) is 17.5 Å². The normalized spacial score (nSPS) is 12.8. The molecule has 0 saturated heterocycles. The van der Waals surface area contributed by atoms with Crippen molar-refractivity contribution in [1.29, 1.82) is 0 Å². The Morgan fingerprint density at radius 1 is 1.19 bits per heavy atom. The van der Waals surface area contributed by atoms with Crippen LogP contribution in [0, 0.1) is 11.6 Å². The van der Waals surface area contributed by atoms with Gasteiger partial charge in [-0.3, -0.25) is 4.57 Å². The van der Waals surface area contributed by atoms with Gasteiger partial charge in [0.25, 0.3) is 0 Å². The fourth-order valence-corrected chi connectivity index (χ4v) is 2.73. The van der Waals surface area contributed by atoms with Gasteiger partial charge >= 0.3 is 0 Å². The van der Waals surface area contributed by atoms with E-state index in [1.807, 2.05) is 24.3 Å². The number of benzene rings is 2. The molecule has 0 bridgehead atoms. The molecule has 1 unspecified atom stereocenters. The molecule has 1 atom stereocenters. The van der Waals surface area contributed by atoms with Crippen molar-refractivity contribution >= 4 is 38.6 Å². The van der Waals surface area contributed by atoms with Crippen molar-refractivity contribution in [2.45, 2.75) is 12.3 Å². The van der Waals surface area contributed by atoms with E-state index in [0.29, 0.717) is 11.3 Å². The van der Waals surface area contributed by atoms with Gasteiger partial charge in [0.2, 0.25) is 0 Å². The largest absolute Gasteiger partial charge is 0.292 e. The number of imidazole rings is 1. The highest BCUT2D eigenvalue weighted by Crippen LogP contribution is 2.31. The van der Waals surface area contributed by atoms with E-state index in [0.717, 1.165) is 11.6 Å². The molecule has 0 fully saturated rings. The summed E-state index contributed by atoms with van der Waals surface area (Å²) >= 11 is 9.24. The lowest BCUT2D eigenvalue weighted by Crippen LogP contribution is -2.05. The topological polar surface area (TPSA) is 17.8 Å². The van der Waals surface area contributed by atoms with Crippen molar-refractivity contribution in [3.05, 3.63) is 58.3 Å². The summed E-state index contributed by atoms with van der Waals surface area (Å²) in [4.78, 5) is 4.44. The van der Waals surface area contributed by atoms with Crippen molar-refractivity contribution in [2.24, 2.45) is 0 Å². The van der Waals surface area contributed by atoms with E-state index in [4.69, 9.17) is 11.6 Å². The third-order valence-electron chi connectivity index (χ3n) is 3.17. The average molecular weight is 372 g/mol. The van der Waals surface area contributed by atoms with Crippen LogP contribution in [0.3, 0.4) is 0 Å². The first kappa shape index (κ1) is 14.5. The number of hydrogen-bond donors (Lipinski definition) is 0. The fourth-order valence-electron chi connectivity index (χ4n) is 2.25. The van der Waals surface area contributed by atoms with Crippen molar-refractivity contribution in [3.63, 3.8) is 0 Å². The molecule has 0 N–H and O–H groups in total. The second-order valence-electron chi connectivity index (χ2n) is 4.63. The lowest BCUT2D eigenvalue weighted by atomic mass is 10.2. The van der Waals surface area contributed by atoms with Crippen LogP contribution in [-0.2, 0) is 0 Å². The molecule has 0 radical (unpaired) electrons. The standard InChI is InChI=1S/C15H10BrClF2N2/c1-8(17)15-20-12-4-2-3-5-13(12)21(15)14-6-9(16)10(18)7-11(14)19/h2-8H,1H3. The van der Waals surface area contributed by atoms with Crippen molar-refractivity contribution < 1.29 is 8.78 Å². The highest BCUT2D eigenvalue weighted by Gasteiger charge is 2.19. The SMILES string of the molecule is CC(Cl)c1nc2ccccc2n1-c1cc(Br)c(F)cc1F.